The number of H-pyrrole nitrogens is 1. The lowest BCUT2D eigenvalue weighted by Crippen LogP contribution is -2.44. The number of aromatic amines is 1. The van der Waals surface area contributed by atoms with Gasteiger partial charge < -0.3 is 9.84 Å². The summed E-state index contributed by atoms with van der Waals surface area (Å²) in [6.07, 6.45) is 5.96. The lowest BCUT2D eigenvalue weighted by atomic mass is 9.99. The zero-order valence-corrected chi connectivity index (χ0v) is 15.3. The molecule has 2 N–H and O–H groups in total. The van der Waals surface area contributed by atoms with Crippen LogP contribution in [0, 0.1) is 5.92 Å². The molecule has 2 heterocycles. The second-order valence-corrected chi connectivity index (χ2v) is 7.04. The number of nitrogens with one attached hydrogen (secondary N) is 1. The molecule has 5 nitrogen and oxygen atoms in total. The van der Waals surface area contributed by atoms with E-state index >= 15 is 0 Å². The molecule has 1 aliphatic rings. The minimum absolute atomic E-state index is 0.189. The molecule has 0 saturated carbocycles. The van der Waals surface area contributed by atoms with E-state index in [1.54, 1.807) is 24.4 Å². The smallest absolute Gasteiger partial charge is 0.123 e. The normalized spacial score (nSPS) is 17.4. The van der Waals surface area contributed by atoms with Crippen LogP contribution in [0.3, 0.4) is 0 Å². The van der Waals surface area contributed by atoms with Gasteiger partial charge in [0.2, 0.25) is 0 Å². The number of hydrogen-bond donors (Lipinski definition) is 2. The molecule has 2 aromatic rings. The number of rotatable bonds is 5. The van der Waals surface area contributed by atoms with E-state index in [9.17, 15) is 5.11 Å². The number of morpholine rings is 1. The molecular weight excluding hydrogens is 338 g/mol. The third kappa shape index (κ3) is 4.24. The number of benzene rings is 1. The summed E-state index contributed by atoms with van der Waals surface area (Å²) in [5, 5.41) is 17.9. The minimum atomic E-state index is 0.189. The van der Waals surface area contributed by atoms with Gasteiger partial charge >= 0.3 is 0 Å². The molecule has 0 radical (unpaired) electrons. The van der Waals surface area contributed by atoms with Crippen LogP contribution in [0.1, 0.15) is 19.5 Å². The number of nitrogens with zero attached hydrogens (tertiary/aromatic N) is 2. The average Bonchev–Trinajstić information content (AvgIpc) is 3.06. The highest BCUT2D eigenvalue weighted by molar-refractivity contribution is 6.31. The van der Waals surface area contributed by atoms with Crippen molar-refractivity contribution in [2.45, 2.75) is 19.9 Å². The maximum absolute atomic E-state index is 10.2. The molecule has 3 rings (SSSR count). The maximum Gasteiger partial charge on any atom is 0.123 e. The minimum Gasteiger partial charge on any atom is -0.507 e. The number of ether oxygens (including phenoxy) is 1. The summed E-state index contributed by atoms with van der Waals surface area (Å²) in [5.74, 6) is 0.675. The molecule has 1 aliphatic heterocycles. The van der Waals surface area contributed by atoms with Crippen molar-refractivity contribution in [1.82, 2.24) is 15.1 Å². The Morgan fingerprint density at radius 3 is 2.76 bits per heavy atom. The van der Waals surface area contributed by atoms with E-state index in [4.69, 9.17) is 16.3 Å². The quantitative estimate of drug-likeness (QED) is 0.850. The standard InChI is InChI=1S/C19H24ClN3O2/c1-13(2)18(23-7-9-25-10-8-23)5-4-17-16(12-21-22-17)15-11-14(20)3-6-19(15)24/h3-6,11-13,18,24H,7-10H2,1-2H3,(H,21,22)/b5-4+. The van der Waals surface area contributed by atoms with Crippen LogP contribution in [-0.2, 0) is 4.74 Å². The third-order valence-corrected chi connectivity index (χ3v) is 4.76. The van der Waals surface area contributed by atoms with E-state index in [0.29, 0.717) is 22.5 Å². The fraction of sp³-hybridized carbons (Fsp3) is 0.421. The van der Waals surface area contributed by atoms with E-state index < -0.39 is 0 Å². The second kappa shape index (κ2) is 8.04. The van der Waals surface area contributed by atoms with Crippen LogP contribution < -0.4 is 0 Å². The van der Waals surface area contributed by atoms with Crippen molar-refractivity contribution in [3.05, 3.63) is 41.2 Å². The van der Waals surface area contributed by atoms with E-state index in [1.807, 2.05) is 6.08 Å². The van der Waals surface area contributed by atoms with Gasteiger partial charge in [0.25, 0.3) is 0 Å². The largest absolute Gasteiger partial charge is 0.507 e. The van der Waals surface area contributed by atoms with E-state index in [2.05, 4.69) is 35.0 Å². The number of phenolic OH excluding ortho intramolecular Hbond substituents is 1. The SMILES string of the molecule is CC(C)C(/C=C/c1[nH]ncc1-c1cc(Cl)ccc1O)N1CCOCC1. The zero-order valence-electron chi connectivity index (χ0n) is 14.6. The Hall–Kier alpha value is -1.82. The van der Waals surface area contributed by atoms with Crippen LogP contribution in [0.2, 0.25) is 5.02 Å². The fourth-order valence-electron chi connectivity index (χ4n) is 3.20. The summed E-state index contributed by atoms with van der Waals surface area (Å²) in [6.45, 7) is 7.89. The Labute approximate surface area is 153 Å². The molecule has 6 heteroatoms. The second-order valence-electron chi connectivity index (χ2n) is 6.60. The lowest BCUT2D eigenvalue weighted by Gasteiger charge is -2.35. The van der Waals surface area contributed by atoms with E-state index in [1.165, 1.54) is 0 Å². The molecule has 0 spiro atoms. The molecule has 25 heavy (non-hydrogen) atoms. The molecule has 1 atom stereocenters. The van der Waals surface area contributed by atoms with Crippen molar-refractivity contribution < 1.29 is 9.84 Å². The van der Waals surface area contributed by atoms with Crippen molar-refractivity contribution in [3.8, 4) is 16.9 Å². The first-order chi connectivity index (χ1) is 12.1. The van der Waals surface area contributed by atoms with Gasteiger partial charge in [-0.2, -0.15) is 5.10 Å². The van der Waals surface area contributed by atoms with Gasteiger partial charge in [-0.3, -0.25) is 10.00 Å². The Kier molecular flexibility index (Phi) is 5.78. The van der Waals surface area contributed by atoms with Crippen LogP contribution in [-0.4, -0.2) is 52.5 Å². The first-order valence-corrected chi connectivity index (χ1v) is 8.96. The third-order valence-electron chi connectivity index (χ3n) is 4.53. The van der Waals surface area contributed by atoms with E-state index in [-0.39, 0.29) is 5.75 Å². The van der Waals surface area contributed by atoms with Gasteiger partial charge in [0.05, 0.1) is 25.1 Å². The fourth-order valence-corrected chi connectivity index (χ4v) is 3.37. The van der Waals surface area contributed by atoms with E-state index in [0.717, 1.165) is 37.6 Å². The monoisotopic (exact) mass is 361 g/mol. The van der Waals surface area contributed by atoms with Gasteiger partial charge in [-0.25, -0.2) is 0 Å². The molecule has 0 aliphatic carbocycles. The highest BCUT2D eigenvalue weighted by Gasteiger charge is 2.21. The molecule has 0 bridgehead atoms. The first-order valence-electron chi connectivity index (χ1n) is 8.58. The number of aromatic hydroxyl groups is 1. The van der Waals surface area contributed by atoms with Gasteiger partial charge in [0.1, 0.15) is 5.75 Å². The summed E-state index contributed by atoms with van der Waals surface area (Å²) in [5.41, 5.74) is 2.37. The molecule has 1 saturated heterocycles. The van der Waals surface area contributed by atoms with Crippen LogP contribution in [0.4, 0.5) is 0 Å². The van der Waals surface area contributed by atoms with Crippen molar-refractivity contribution >= 4 is 17.7 Å². The van der Waals surface area contributed by atoms with Crippen molar-refractivity contribution in [2.24, 2.45) is 5.92 Å². The molecule has 0 amide bonds. The number of hydrogen-bond acceptors (Lipinski definition) is 4. The van der Waals surface area contributed by atoms with Crippen molar-refractivity contribution in [3.63, 3.8) is 0 Å². The predicted molar refractivity (Wildman–Crippen MR) is 101 cm³/mol. The van der Waals surface area contributed by atoms with Crippen molar-refractivity contribution in [1.29, 1.82) is 0 Å². The van der Waals surface area contributed by atoms with Crippen LogP contribution in [0.5, 0.6) is 5.75 Å². The highest BCUT2D eigenvalue weighted by atomic mass is 35.5. The van der Waals surface area contributed by atoms with Crippen LogP contribution >= 0.6 is 11.6 Å². The van der Waals surface area contributed by atoms with Crippen molar-refractivity contribution in [2.75, 3.05) is 26.3 Å². The Bertz CT molecular complexity index is 736. The average molecular weight is 362 g/mol. The zero-order chi connectivity index (χ0) is 17.8. The van der Waals surface area contributed by atoms with Gasteiger partial charge in [-0.15, -0.1) is 0 Å². The summed E-state index contributed by atoms with van der Waals surface area (Å²) < 4.78 is 5.46. The van der Waals surface area contributed by atoms with Crippen LogP contribution in [0.15, 0.2) is 30.5 Å². The van der Waals surface area contributed by atoms with Crippen LogP contribution in [0.25, 0.3) is 17.2 Å². The molecule has 1 aromatic heterocycles. The molecule has 1 aromatic carbocycles. The Balaban J connectivity index is 1.86. The maximum atomic E-state index is 10.2. The lowest BCUT2D eigenvalue weighted by molar-refractivity contribution is 0.0176. The predicted octanol–water partition coefficient (Wildman–Crippen LogP) is 3.81. The molecule has 134 valence electrons. The summed E-state index contributed by atoms with van der Waals surface area (Å²) in [6, 6.07) is 5.35. The first kappa shape index (κ1) is 18.0. The Morgan fingerprint density at radius 2 is 2.04 bits per heavy atom. The summed E-state index contributed by atoms with van der Waals surface area (Å²) in [4.78, 5) is 2.44. The topological polar surface area (TPSA) is 61.4 Å². The number of phenols is 1. The number of aromatic nitrogens is 2. The Morgan fingerprint density at radius 1 is 1.28 bits per heavy atom. The highest BCUT2D eigenvalue weighted by Crippen LogP contribution is 2.33. The van der Waals surface area contributed by atoms with Gasteiger partial charge in [0, 0.05) is 35.3 Å². The molecule has 1 unspecified atom stereocenters. The molecule has 1 fully saturated rings. The van der Waals surface area contributed by atoms with Gasteiger partial charge in [0.15, 0.2) is 0 Å². The number of halogens is 1. The summed E-state index contributed by atoms with van der Waals surface area (Å²) in [7, 11) is 0. The molecular formula is C19H24ClN3O2. The van der Waals surface area contributed by atoms with Gasteiger partial charge in [-0.1, -0.05) is 31.5 Å². The summed E-state index contributed by atoms with van der Waals surface area (Å²) >= 11 is 6.08. The van der Waals surface area contributed by atoms with Gasteiger partial charge in [-0.05, 0) is 30.2 Å².